The Hall–Kier alpha value is -2.53. The van der Waals surface area contributed by atoms with Crippen molar-refractivity contribution in [3.05, 3.63) is 59.8 Å². The van der Waals surface area contributed by atoms with E-state index in [1.165, 1.54) is 0 Å². The molecule has 0 saturated heterocycles. The first-order valence-electron chi connectivity index (χ1n) is 6.74. The number of carbonyl (C=O) groups is 1. The molecule has 1 amide bonds. The van der Waals surface area contributed by atoms with E-state index < -0.39 is 0 Å². The average Bonchev–Trinajstić information content (AvgIpc) is 2.52. The standard InChI is InChI=1S/C17H14N2O2S/c1-10-13(5-2-6-14(10)22)19-17(21)12-8-7-11-4-3-9-18-15(11)16(12)20/h2-9,20,22H,1H3,(H,19,21). The summed E-state index contributed by atoms with van der Waals surface area (Å²) in [6.07, 6.45) is 1.58. The molecule has 0 aliphatic heterocycles. The summed E-state index contributed by atoms with van der Waals surface area (Å²) >= 11 is 4.34. The molecule has 22 heavy (non-hydrogen) atoms. The number of pyridine rings is 1. The van der Waals surface area contributed by atoms with Crippen LogP contribution < -0.4 is 5.32 Å². The highest BCUT2D eigenvalue weighted by Crippen LogP contribution is 2.28. The molecule has 3 aromatic rings. The lowest BCUT2D eigenvalue weighted by Crippen LogP contribution is -2.13. The molecule has 0 unspecified atom stereocenters. The molecular formula is C17H14N2O2S. The van der Waals surface area contributed by atoms with Gasteiger partial charge >= 0.3 is 0 Å². The minimum atomic E-state index is -0.382. The summed E-state index contributed by atoms with van der Waals surface area (Å²) in [6.45, 7) is 1.87. The third-order valence-corrected chi connectivity index (χ3v) is 4.03. The van der Waals surface area contributed by atoms with Crippen molar-refractivity contribution in [3.8, 4) is 5.75 Å². The molecular weight excluding hydrogens is 296 g/mol. The zero-order chi connectivity index (χ0) is 15.7. The summed E-state index contributed by atoms with van der Waals surface area (Å²) in [6, 6.07) is 12.4. The maximum absolute atomic E-state index is 12.4. The van der Waals surface area contributed by atoms with Crippen molar-refractivity contribution in [1.29, 1.82) is 0 Å². The van der Waals surface area contributed by atoms with E-state index in [0.29, 0.717) is 11.2 Å². The van der Waals surface area contributed by atoms with E-state index in [0.717, 1.165) is 15.8 Å². The SMILES string of the molecule is Cc1c(S)cccc1NC(=O)c1ccc2cccnc2c1O. The van der Waals surface area contributed by atoms with Crippen LogP contribution in [-0.2, 0) is 0 Å². The minimum Gasteiger partial charge on any atom is -0.505 e. The number of nitrogens with one attached hydrogen (secondary N) is 1. The number of rotatable bonds is 2. The number of hydrogen-bond acceptors (Lipinski definition) is 4. The predicted octanol–water partition coefficient (Wildman–Crippen LogP) is 3.79. The molecule has 0 aliphatic rings. The van der Waals surface area contributed by atoms with E-state index in [1.807, 2.05) is 25.1 Å². The quantitative estimate of drug-likeness (QED) is 0.631. The maximum Gasteiger partial charge on any atom is 0.259 e. The van der Waals surface area contributed by atoms with E-state index in [9.17, 15) is 9.90 Å². The summed E-state index contributed by atoms with van der Waals surface area (Å²) < 4.78 is 0. The summed E-state index contributed by atoms with van der Waals surface area (Å²) in [5.74, 6) is -0.498. The van der Waals surface area contributed by atoms with Gasteiger partial charge in [0.1, 0.15) is 5.52 Å². The predicted molar refractivity (Wildman–Crippen MR) is 89.8 cm³/mol. The zero-order valence-corrected chi connectivity index (χ0v) is 12.8. The first kappa shape index (κ1) is 14.4. The number of fused-ring (bicyclic) bond motifs is 1. The number of anilines is 1. The highest BCUT2D eigenvalue weighted by Gasteiger charge is 2.15. The molecule has 110 valence electrons. The van der Waals surface area contributed by atoms with Gasteiger partial charge in [-0.05, 0) is 36.8 Å². The molecule has 2 aromatic carbocycles. The van der Waals surface area contributed by atoms with Crippen LogP contribution in [-0.4, -0.2) is 16.0 Å². The van der Waals surface area contributed by atoms with Gasteiger partial charge in [-0.25, -0.2) is 0 Å². The number of aromatic nitrogens is 1. The van der Waals surface area contributed by atoms with E-state index >= 15 is 0 Å². The van der Waals surface area contributed by atoms with E-state index in [1.54, 1.807) is 30.5 Å². The normalized spacial score (nSPS) is 10.6. The number of carbonyl (C=O) groups excluding carboxylic acids is 1. The Morgan fingerprint density at radius 3 is 2.82 bits per heavy atom. The molecule has 1 heterocycles. The van der Waals surface area contributed by atoms with Crippen molar-refractivity contribution >= 4 is 35.1 Å². The number of benzene rings is 2. The van der Waals surface area contributed by atoms with Crippen molar-refractivity contribution in [1.82, 2.24) is 4.98 Å². The van der Waals surface area contributed by atoms with Crippen LogP contribution in [0.3, 0.4) is 0 Å². The Balaban J connectivity index is 1.99. The fourth-order valence-electron chi connectivity index (χ4n) is 2.26. The van der Waals surface area contributed by atoms with Crippen LogP contribution in [0.25, 0.3) is 10.9 Å². The molecule has 4 nitrogen and oxygen atoms in total. The first-order chi connectivity index (χ1) is 10.6. The second-order valence-electron chi connectivity index (χ2n) is 4.94. The van der Waals surface area contributed by atoms with Gasteiger partial charge in [0.05, 0.1) is 5.56 Å². The van der Waals surface area contributed by atoms with Gasteiger partial charge in [0.15, 0.2) is 5.75 Å². The number of phenols is 1. The lowest BCUT2D eigenvalue weighted by atomic mass is 10.1. The Bertz CT molecular complexity index is 878. The molecule has 5 heteroatoms. The number of nitrogens with zero attached hydrogens (tertiary/aromatic N) is 1. The number of aromatic hydroxyl groups is 1. The molecule has 0 radical (unpaired) electrons. The molecule has 0 fully saturated rings. The summed E-state index contributed by atoms with van der Waals surface area (Å²) in [4.78, 5) is 17.3. The second-order valence-corrected chi connectivity index (χ2v) is 5.42. The molecule has 0 spiro atoms. The Morgan fingerprint density at radius 2 is 2.00 bits per heavy atom. The number of hydrogen-bond donors (Lipinski definition) is 3. The highest BCUT2D eigenvalue weighted by atomic mass is 32.1. The van der Waals surface area contributed by atoms with Gasteiger partial charge < -0.3 is 10.4 Å². The van der Waals surface area contributed by atoms with Crippen LogP contribution in [0.15, 0.2) is 53.6 Å². The van der Waals surface area contributed by atoms with Gasteiger partial charge in [-0.2, -0.15) is 0 Å². The fourth-order valence-corrected chi connectivity index (χ4v) is 2.47. The van der Waals surface area contributed by atoms with Crippen LogP contribution in [0.2, 0.25) is 0 Å². The van der Waals surface area contributed by atoms with Crippen molar-refractivity contribution in [2.45, 2.75) is 11.8 Å². The largest absolute Gasteiger partial charge is 0.505 e. The van der Waals surface area contributed by atoms with Gasteiger partial charge in [0.25, 0.3) is 5.91 Å². The molecule has 2 N–H and O–H groups in total. The maximum atomic E-state index is 12.4. The molecule has 0 atom stereocenters. The third-order valence-electron chi connectivity index (χ3n) is 3.55. The van der Waals surface area contributed by atoms with E-state index in [-0.39, 0.29) is 17.2 Å². The zero-order valence-electron chi connectivity index (χ0n) is 11.9. The van der Waals surface area contributed by atoms with Gasteiger partial charge in [-0.15, -0.1) is 12.6 Å². The smallest absolute Gasteiger partial charge is 0.259 e. The van der Waals surface area contributed by atoms with Gasteiger partial charge in [-0.1, -0.05) is 18.2 Å². The highest BCUT2D eigenvalue weighted by molar-refractivity contribution is 7.80. The summed E-state index contributed by atoms with van der Waals surface area (Å²) in [7, 11) is 0. The lowest BCUT2D eigenvalue weighted by molar-refractivity contribution is 0.102. The Kier molecular flexibility index (Phi) is 3.73. The topological polar surface area (TPSA) is 62.2 Å². The molecule has 0 aliphatic carbocycles. The second kappa shape index (κ2) is 5.69. The fraction of sp³-hybridized carbons (Fsp3) is 0.0588. The Labute approximate surface area is 133 Å². The van der Waals surface area contributed by atoms with Crippen molar-refractivity contribution in [2.24, 2.45) is 0 Å². The van der Waals surface area contributed by atoms with Crippen LogP contribution in [0.4, 0.5) is 5.69 Å². The van der Waals surface area contributed by atoms with Crippen LogP contribution >= 0.6 is 12.6 Å². The minimum absolute atomic E-state index is 0.115. The molecule has 3 rings (SSSR count). The number of thiol groups is 1. The van der Waals surface area contributed by atoms with E-state index in [2.05, 4.69) is 22.9 Å². The lowest BCUT2D eigenvalue weighted by Gasteiger charge is -2.11. The van der Waals surface area contributed by atoms with Crippen LogP contribution in [0.5, 0.6) is 5.75 Å². The van der Waals surface area contributed by atoms with Gasteiger partial charge in [0, 0.05) is 22.2 Å². The molecule has 1 aromatic heterocycles. The average molecular weight is 310 g/mol. The molecule has 0 saturated carbocycles. The first-order valence-corrected chi connectivity index (χ1v) is 7.19. The Morgan fingerprint density at radius 1 is 1.18 bits per heavy atom. The number of phenolic OH excluding ortho intramolecular Hbond substituents is 1. The summed E-state index contributed by atoms with van der Waals surface area (Å²) in [5.41, 5.74) is 2.14. The third kappa shape index (κ3) is 2.51. The number of amides is 1. The van der Waals surface area contributed by atoms with Crippen molar-refractivity contribution < 1.29 is 9.90 Å². The van der Waals surface area contributed by atoms with Crippen LogP contribution in [0, 0.1) is 6.92 Å². The van der Waals surface area contributed by atoms with Crippen molar-refractivity contribution in [3.63, 3.8) is 0 Å². The molecule has 0 bridgehead atoms. The monoisotopic (exact) mass is 310 g/mol. The van der Waals surface area contributed by atoms with Crippen LogP contribution in [0.1, 0.15) is 15.9 Å². The van der Waals surface area contributed by atoms with Gasteiger partial charge in [0.2, 0.25) is 0 Å². The van der Waals surface area contributed by atoms with Crippen molar-refractivity contribution in [2.75, 3.05) is 5.32 Å². The van der Waals surface area contributed by atoms with Gasteiger partial charge in [-0.3, -0.25) is 9.78 Å². The van der Waals surface area contributed by atoms with E-state index in [4.69, 9.17) is 0 Å². The summed E-state index contributed by atoms with van der Waals surface area (Å²) in [5, 5.41) is 13.9.